The molecule has 0 radical (unpaired) electrons. The van der Waals surface area contributed by atoms with Crippen LogP contribution in [0.4, 0.5) is 20.2 Å². The molecule has 0 N–H and O–H groups in total. The Bertz CT molecular complexity index is 501. The van der Waals surface area contributed by atoms with Gasteiger partial charge in [0.1, 0.15) is 5.69 Å². The molecule has 0 aromatic heterocycles. The van der Waals surface area contributed by atoms with Crippen LogP contribution in [-0.4, -0.2) is 28.5 Å². The molecule has 2 atom stereocenters. The van der Waals surface area contributed by atoms with Crippen molar-refractivity contribution >= 4 is 23.1 Å². The quantitative estimate of drug-likeness (QED) is 0.619. The minimum atomic E-state index is -0.837. The summed E-state index contributed by atoms with van der Waals surface area (Å²) in [5.41, 5.74) is -0.643. The van der Waals surface area contributed by atoms with Crippen molar-refractivity contribution in [1.29, 1.82) is 0 Å². The van der Waals surface area contributed by atoms with Crippen molar-refractivity contribution in [3.63, 3.8) is 0 Å². The molecule has 3 rings (SSSR count). The highest BCUT2D eigenvalue weighted by molar-refractivity contribution is 7.99. The van der Waals surface area contributed by atoms with Crippen LogP contribution in [0.2, 0.25) is 0 Å². The third-order valence-electron chi connectivity index (χ3n) is 3.71. The van der Waals surface area contributed by atoms with Crippen molar-refractivity contribution in [3.05, 3.63) is 33.9 Å². The van der Waals surface area contributed by atoms with Gasteiger partial charge in [0.15, 0.2) is 11.6 Å². The fourth-order valence-electron chi connectivity index (χ4n) is 2.90. The van der Waals surface area contributed by atoms with E-state index < -0.39 is 22.2 Å². The summed E-state index contributed by atoms with van der Waals surface area (Å²) in [5, 5.41) is 10.6. The lowest BCUT2D eigenvalue weighted by Gasteiger charge is -2.36. The molecule has 2 unspecified atom stereocenters. The molecule has 0 aliphatic carbocycles. The first-order valence-corrected chi connectivity index (χ1v) is 7.23. The molecular weight excluding hydrogens is 274 g/mol. The molecule has 2 fully saturated rings. The normalized spacial score (nSPS) is 25.7. The zero-order valence-corrected chi connectivity index (χ0v) is 10.8. The van der Waals surface area contributed by atoms with Gasteiger partial charge in [-0.3, -0.25) is 10.1 Å². The lowest BCUT2D eigenvalue weighted by molar-refractivity contribution is -0.385. The molecule has 1 aromatic carbocycles. The fraction of sp³-hybridized carbons (Fsp3) is 0.500. The largest absolute Gasteiger partial charge is 0.359 e. The molecule has 2 saturated heterocycles. The third-order valence-corrected chi connectivity index (χ3v) is 4.95. The Labute approximate surface area is 112 Å². The Morgan fingerprint density at radius 1 is 1.21 bits per heavy atom. The number of non-ortho nitro benzene ring substituents is 1. The van der Waals surface area contributed by atoms with Gasteiger partial charge >= 0.3 is 0 Å². The predicted molar refractivity (Wildman–Crippen MR) is 69.6 cm³/mol. The van der Waals surface area contributed by atoms with E-state index in [0.29, 0.717) is 0 Å². The van der Waals surface area contributed by atoms with Gasteiger partial charge in [0, 0.05) is 23.6 Å². The van der Waals surface area contributed by atoms with Crippen LogP contribution in [0.1, 0.15) is 12.8 Å². The molecule has 4 nitrogen and oxygen atoms in total. The van der Waals surface area contributed by atoms with Gasteiger partial charge in [-0.15, -0.1) is 0 Å². The molecule has 19 heavy (non-hydrogen) atoms. The van der Waals surface area contributed by atoms with E-state index in [1.54, 1.807) is 16.7 Å². The lowest BCUT2D eigenvalue weighted by Crippen LogP contribution is -2.43. The van der Waals surface area contributed by atoms with E-state index in [2.05, 4.69) is 0 Å². The molecule has 2 heterocycles. The molecule has 0 amide bonds. The summed E-state index contributed by atoms with van der Waals surface area (Å²) in [6, 6.07) is 1.88. The highest BCUT2D eigenvalue weighted by atomic mass is 32.2. The van der Waals surface area contributed by atoms with Crippen molar-refractivity contribution in [2.75, 3.05) is 16.4 Å². The zero-order chi connectivity index (χ0) is 13.6. The van der Waals surface area contributed by atoms with Crippen LogP contribution in [0.15, 0.2) is 12.1 Å². The van der Waals surface area contributed by atoms with Gasteiger partial charge in [0.2, 0.25) is 0 Å². The molecule has 7 heteroatoms. The Balaban J connectivity index is 2.03. The number of benzene rings is 1. The number of halogens is 2. The number of nitro benzene ring substituents is 1. The highest BCUT2D eigenvalue weighted by Gasteiger charge is 2.40. The van der Waals surface area contributed by atoms with E-state index in [9.17, 15) is 18.9 Å². The number of nitrogens with zero attached hydrogens (tertiary/aromatic N) is 2. The summed E-state index contributed by atoms with van der Waals surface area (Å²) in [4.78, 5) is 11.6. The molecule has 2 aliphatic heterocycles. The Morgan fingerprint density at radius 2 is 1.74 bits per heavy atom. The fourth-order valence-corrected chi connectivity index (χ4v) is 4.23. The first kappa shape index (κ1) is 12.7. The molecule has 2 aliphatic rings. The Morgan fingerprint density at radius 3 is 2.21 bits per heavy atom. The van der Waals surface area contributed by atoms with Crippen molar-refractivity contribution < 1.29 is 13.7 Å². The van der Waals surface area contributed by atoms with E-state index in [4.69, 9.17) is 0 Å². The summed E-state index contributed by atoms with van der Waals surface area (Å²) in [6.07, 6.45) is 1.85. The van der Waals surface area contributed by atoms with Crippen LogP contribution >= 0.6 is 11.8 Å². The van der Waals surface area contributed by atoms with Crippen LogP contribution in [-0.2, 0) is 0 Å². The van der Waals surface area contributed by atoms with E-state index >= 15 is 0 Å². The number of nitro groups is 1. The van der Waals surface area contributed by atoms with E-state index in [-0.39, 0.29) is 17.8 Å². The zero-order valence-electron chi connectivity index (χ0n) is 10.0. The lowest BCUT2D eigenvalue weighted by atomic mass is 10.2. The van der Waals surface area contributed by atoms with Gasteiger partial charge in [-0.2, -0.15) is 11.8 Å². The van der Waals surface area contributed by atoms with Gasteiger partial charge in [-0.05, 0) is 12.8 Å². The number of anilines is 1. The topological polar surface area (TPSA) is 46.4 Å². The minimum absolute atomic E-state index is 0.0987. The van der Waals surface area contributed by atoms with E-state index in [0.717, 1.165) is 36.5 Å². The van der Waals surface area contributed by atoms with Crippen LogP contribution in [0.3, 0.4) is 0 Å². The second kappa shape index (κ2) is 4.63. The standard InChI is InChI=1S/C12H12F2N2O2S/c13-10-3-9(16(17)18)4-11(14)12(10)15-7-1-2-8(15)6-19-5-7/h3-4,7-8H,1-2,5-6H2. The smallest absolute Gasteiger partial charge is 0.275 e. The number of hydrogen-bond acceptors (Lipinski definition) is 4. The Hall–Kier alpha value is -1.37. The molecular formula is C12H12F2N2O2S. The molecule has 102 valence electrons. The molecule has 1 aromatic rings. The van der Waals surface area contributed by atoms with Gasteiger partial charge < -0.3 is 4.90 Å². The van der Waals surface area contributed by atoms with Crippen molar-refractivity contribution in [3.8, 4) is 0 Å². The maximum absolute atomic E-state index is 14.0. The maximum atomic E-state index is 14.0. The molecule has 0 spiro atoms. The van der Waals surface area contributed by atoms with Gasteiger partial charge in [0.05, 0.1) is 17.1 Å². The second-order valence-corrected chi connectivity index (χ2v) is 5.92. The third kappa shape index (κ3) is 2.05. The van der Waals surface area contributed by atoms with E-state index in [1.165, 1.54) is 0 Å². The highest BCUT2D eigenvalue weighted by Crippen LogP contribution is 2.41. The van der Waals surface area contributed by atoms with Crippen LogP contribution in [0.25, 0.3) is 0 Å². The first-order valence-electron chi connectivity index (χ1n) is 6.07. The van der Waals surface area contributed by atoms with Gasteiger partial charge in [-0.25, -0.2) is 8.78 Å². The molecule has 2 bridgehead atoms. The second-order valence-electron chi connectivity index (χ2n) is 4.84. The monoisotopic (exact) mass is 286 g/mol. The number of rotatable bonds is 2. The SMILES string of the molecule is O=[N+]([O-])c1cc(F)c(N2C3CCC2CSC3)c(F)c1. The summed E-state index contributed by atoms with van der Waals surface area (Å²) in [7, 11) is 0. The average molecular weight is 286 g/mol. The van der Waals surface area contributed by atoms with E-state index in [1.807, 2.05) is 0 Å². The summed E-state index contributed by atoms with van der Waals surface area (Å²) >= 11 is 1.80. The van der Waals surface area contributed by atoms with Crippen LogP contribution < -0.4 is 4.90 Å². The van der Waals surface area contributed by atoms with Crippen molar-refractivity contribution in [2.45, 2.75) is 24.9 Å². The number of fused-ring (bicyclic) bond motifs is 2. The first-order chi connectivity index (χ1) is 9.08. The maximum Gasteiger partial charge on any atom is 0.275 e. The van der Waals surface area contributed by atoms with Crippen LogP contribution in [0.5, 0.6) is 0 Å². The number of hydrogen-bond donors (Lipinski definition) is 0. The Kier molecular flexibility index (Phi) is 3.08. The van der Waals surface area contributed by atoms with Gasteiger partial charge in [-0.1, -0.05) is 0 Å². The number of thioether (sulfide) groups is 1. The average Bonchev–Trinajstić information content (AvgIpc) is 2.59. The van der Waals surface area contributed by atoms with Gasteiger partial charge in [0.25, 0.3) is 5.69 Å². The summed E-state index contributed by atoms with van der Waals surface area (Å²) in [5.74, 6) is 0.0321. The minimum Gasteiger partial charge on any atom is -0.359 e. The summed E-state index contributed by atoms with van der Waals surface area (Å²) < 4.78 is 28.1. The predicted octanol–water partition coefficient (Wildman–Crippen LogP) is 2.96. The van der Waals surface area contributed by atoms with Crippen LogP contribution in [0, 0.1) is 21.7 Å². The van der Waals surface area contributed by atoms with Crippen molar-refractivity contribution in [2.24, 2.45) is 0 Å². The summed E-state index contributed by atoms with van der Waals surface area (Å²) in [6.45, 7) is 0. The molecule has 0 saturated carbocycles. The van der Waals surface area contributed by atoms with Crippen molar-refractivity contribution in [1.82, 2.24) is 0 Å².